The molecule has 2 aliphatic heterocycles. The maximum atomic E-state index is 14.5. The smallest absolute Gasteiger partial charge is 0.328 e. The Morgan fingerprint density at radius 2 is 1.74 bits per heavy atom. The van der Waals surface area contributed by atoms with Crippen molar-refractivity contribution in [3.05, 3.63) is 135 Å². The molecule has 0 unspecified atom stereocenters. The van der Waals surface area contributed by atoms with Gasteiger partial charge in [0.1, 0.15) is 29.7 Å². The zero-order valence-corrected chi connectivity index (χ0v) is 37.3. The summed E-state index contributed by atoms with van der Waals surface area (Å²) in [4.78, 5) is 41.0. The average Bonchev–Trinajstić information content (AvgIpc) is 3.74. The fourth-order valence-corrected chi connectivity index (χ4v) is 9.61. The highest BCUT2D eigenvalue weighted by Gasteiger charge is 2.37. The summed E-state index contributed by atoms with van der Waals surface area (Å²) in [6, 6.07) is 23.5. The number of nitrogens with one attached hydrogen (secondary N) is 1. The predicted molar refractivity (Wildman–Crippen MR) is 244 cm³/mol. The Kier molecular flexibility index (Phi) is 13.4. The topological polar surface area (TPSA) is 106 Å². The number of ether oxygens (including phenoxy) is 3. The van der Waals surface area contributed by atoms with E-state index in [-0.39, 0.29) is 18.1 Å². The molecule has 10 nitrogen and oxygen atoms in total. The number of aromatic nitrogens is 2. The number of hydrogen-bond acceptors (Lipinski definition) is 9. The van der Waals surface area contributed by atoms with Crippen LogP contribution >= 0.6 is 11.6 Å². The minimum atomic E-state index is -0.824. The monoisotopic (exact) mass is 855 g/mol. The average molecular weight is 857 g/mol. The van der Waals surface area contributed by atoms with Crippen LogP contribution in [0.5, 0.6) is 11.5 Å². The quantitative estimate of drug-likeness (QED) is 0.116. The van der Waals surface area contributed by atoms with Gasteiger partial charge in [-0.05, 0) is 121 Å². The molecule has 2 aromatic heterocycles. The molecule has 0 saturated heterocycles. The van der Waals surface area contributed by atoms with Crippen molar-refractivity contribution in [1.82, 2.24) is 20.2 Å². The van der Waals surface area contributed by atoms with E-state index in [4.69, 9.17) is 25.8 Å². The number of methoxy groups -OCH3 is 1. The van der Waals surface area contributed by atoms with Crippen molar-refractivity contribution in [2.75, 3.05) is 32.1 Å². The molecule has 1 N–H and O–H groups in total. The number of amides is 1. The molecule has 3 aliphatic rings. The van der Waals surface area contributed by atoms with Crippen LogP contribution < -0.4 is 19.7 Å². The van der Waals surface area contributed by atoms with Crippen LogP contribution in [0.3, 0.4) is 0 Å². The summed E-state index contributed by atoms with van der Waals surface area (Å²) in [5.41, 5.74) is 10.6. The van der Waals surface area contributed by atoms with Crippen LogP contribution in [0.25, 0.3) is 11.1 Å². The molecule has 1 fully saturated rings. The number of fused-ring (bicyclic) bond motifs is 2. The number of benzene rings is 3. The molecule has 1 saturated carbocycles. The lowest BCUT2D eigenvalue weighted by Crippen LogP contribution is -2.55. The fourth-order valence-electron chi connectivity index (χ4n) is 9.43. The summed E-state index contributed by atoms with van der Waals surface area (Å²) in [5, 5.41) is 3.74. The van der Waals surface area contributed by atoms with Gasteiger partial charge in [0.15, 0.2) is 0 Å². The Morgan fingerprint density at radius 1 is 0.968 bits per heavy atom. The van der Waals surface area contributed by atoms with Crippen molar-refractivity contribution < 1.29 is 23.8 Å². The second-order valence-corrected chi connectivity index (χ2v) is 17.7. The van der Waals surface area contributed by atoms with Gasteiger partial charge in [-0.3, -0.25) is 19.7 Å². The summed E-state index contributed by atoms with van der Waals surface area (Å²) < 4.78 is 18.5. The van der Waals surface area contributed by atoms with Gasteiger partial charge in [0.2, 0.25) is 5.91 Å². The van der Waals surface area contributed by atoms with E-state index in [0.29, 0.717) is 30.3 Å². The second kappa shape index (κ2) is 19.3. The lowest BCUT2D eigenvalue weighted by atomic mass is 9.90. The molecule has 5 aromatic rings. The maximum absolute atomic E-state index is 14.5. The van der Waals surface area contributed by atoms with Gasteiger partial charge in [0.25, 0.3) is 0 Å². The molecule has 4 heterocycles. The largest absolute Gasteiger partial charge is 0.486 e. The van der Waals surface area contributed by atoms with Crippen LogP contribution in [0, 0.1) is 19.8 Å². The SMILES string of the molecule is CC[C@@H](Oc1ccc([C@H]2CCN(C)c3cc4c(cc3O2)CN(CC2CCCC2)[C@H](C(=O)N[C@@H](Cc2ccc(-c3ccnc(C)c3C)cc2)C(=O)OC)C4)cc1)c1cncc(Cl)c1. The Bertz CT molecular complexity index is 2370. The van der Waals surface area contributed by atoms with Crippen molar-refractivity contribution in [1.29, 1.82) is 0 Å². The van der Waals surface area contributed by atoms with Crippen LogP contribution in [-0.4, -0.2) is 66.1 Å². The van der Waals surface area contributed by atoms with E-state index < -0.39 is 18.1 Å². The minimum absolute atomic E-state index is 0.142. The number of carbonyl (C=O) groups excluding carboxylic acids is 2. The Morgan fingerprint density at radius 3 is 2.47 bits per heavy atom. The van der Waals surface area contributed by atoms with Crippen molar-refractivity contribution in [3.8, 4) is 22.6 Å². The zero-order valence-electron chi connectivity index (χ0n) is 36.5. The molecular weight excluding hydrogens is 798 g/mol. The molecule has 324 valence electrons. The van der Waals surface area contributed by atoms with E-state index in [9.17, 15) is 9.59 Å². The Hall–Kier alpha value is -5.45. The van der Waals surface area contributed by atoms with Crippen LogP contribution in [0.2, 0.25) is 5.02 Å². The summed E-state index contributed by atoms with van der Waals surface area (Å²) in [6.45, 7) is 8.43. The summed E-state index contributed by atoms with van der Waals surface area (Å²) in [5.74, 6) is 1.56. The summed E-state index contributed by atoms with van der Waals surface area (Å²) >= 11 is 6.22. The molecule has 3 aromatic carbocycles. The highest BCUT2D eigenvalue weighted by molar-refractivity contribution is 6.30. The molecule has 1 aliphatic carbocycles. The first-order valence-corrected chi connectivity index (χ1v) is 22.5. The highest BCUT2D eigenvalue weighted by Crippen LogP contribution is 2.42. The molecule has 0 bridgehead atoms. The standard InChI is InChI=1S/C51H58ClN5O5/c1-6-47(39-24-41(52)29-53-28-39)61-42-17-15-37(16-18-42)48-20-22-56(4)45-25-38-26-46(57(30-35-9-7-8-10-35)31-40(38)27-49(45)62-48)50(58)55-44(51(59)60-5)23-34-11-13-36(14-12-34)43-19-21-54-33(3)32(43)2/h11-19,21,24-25,27-29,35,44,46-48H,6-10,20,22-23,26,30-31H2,1-5H3,(H,55,58)/t44-,46-,47+,48+/m0/s1. The Balaban J connectivity index is 0.994. The molecule has 1 amide bonds. The van der Waals surface area contributed by atoms with E-state index in [1.165, 1.54) is 25.5 Å². The van der Waals surface area contributed by atoms with Gasteiger partial charge in [-0.2, -0.15) is 0 Å². The van der Waals surface area contributed by atoms with Crippen molar-refractivity contribution in [2.45, 2.75) is 103 Å². The van der Waals surface area contributed by atoms with Gasteiger partial charge in [0, 0.05) is 69.4 Å². The van der Waals surface area contributed by atoms with Crippen LogP contribution in [0.4, 0.5) is 5.69 Å². The number of halogens is 1. The van der Waals surface area contributed by atoms with E-state index in [0.717, 1.165) is 101 Å². The van der Waals surface area contributed by atoms with Crippen molar-refractivity contribution in [2.24, 2.45) is 5.92 Å². The first-order chi connectivity index (χ1) is 30.1. The lowest BCUT2D eigenvalue weighted by Gasteiger charge is -2.38. The normalized spacial score (nSPS) is 18.8. The minimum Gasteiger partial charge on any atom is -0.486 e. The first-order valence-electron chi connectivity index (χ1n) is 22.1. The van der Waals surface area contributed by atoms with E-state index in [1.54, 1.807) is 12.4 Å². The molecule has 0 spiro atoms. The molecule has 0 radical (unpaired) electrons. The van der Waals surface area contributed by atoms with Crippen LogP contribution in [0.15, 0.2) is 91.4 Å². The number of esters is 1. The van der Waals surface area contributed by atoms with Gasteiger partial charge in [-0.25, -0.2) is 4.79 Å². The highest BCUT2D eigenvalue weighted by atomic mass is 35.5. The van der Waals surface area contributed by atoms with Gasteiger partial charge in [0.05, 0.1) is 23.9 Å². The molecule has 11 heteroatoms. The van der Waals surface area contributed by atoms with E-state index in [2.05, 4.69) is 82.4 Å². The zero-order chi connectivity index (χ0) is 43.3. The third-order valence-corrected chi connectivity index (χ3v) is 13.4. The van der Waals surface area contributed by atoms with Gasteiger partial charge >= 0.3 is 5.97 Å². The second-order valence-electron chi connectivity index (χ2n) is 17.3. The number of nitrogens with zero attached hydrogens (tertiary/aromatic N) is 4. The molecule has 8 rings (SSSR count). The number of anilines is 1. The number of rotatable bonds is 13. The maximum Gasteiger partial charge on any atom is 0.328 e. The molecule has 62 heavy (non-hydrogen) atoms. The predicted octanol–water partition coefficient (Wildman–Crippen LogP) is 9.72. The molecule has 4 atom stereocenters. The van der Waals surface area contributed by atoms with E-state index >= 15 is 0 Å². The van der Waals surface area contributed by atoms with Crippen molar-refractivity contribution >= 4 is 29.2 Å². The van der Waals surface area contributed by atoms with Gasteiger partial charge in [-0.1, -0.05) is 67.8 Å². The van der Waals surface area contributed by atoms with Crippen molar-refractivity contribution in [3.63, 3.8) is 0 Å². The fraction of sp³-hybridized carbons (Fsp3) is 0.412. The Labute approximate surface area is 371 Å². The number of carbonyl (C=O) groups is 2. The van der Waals surface area contributed by atoms with Crippen LogP contribution in [0.1, 0.15) is 96.7 Å². The first kappa shape index (κ1) is 43.2. The third-order valence-electron chi connectivity index (χ3n) is 13.1. The number of aryl methyl sites for hydroxylation is 1. The van der Waals surface area contributed by atoms with Gasteiger partial charge < -0.3 is 24.4 Å². The van der Waals surface area contributed by atoms with E-state index in [1.807, 2.05) is 49.5 Å². The number of hydrogen-bond donors (Lipinski definition) is 1. The van der Waals surface area contributed by atoms with Gasteiger partial charge in [-0.15, -0.1) is 0 Å². The summed E-state index contributed by atoms with van der Waals surface area (Å²) in [6.07, 6.45) is 12.2. The third kappa shape index (κ3) is 9.77. The molecular formula is C51H58ClN5O5. The van der Waals surface area contributed by atoms with Crippen LogP contribution in [-0.2, 0) is 33.7 Å². The lowest BCUT2D eigenvalue weighted by molar-refractivity contribution is -0.145. The number of pyridine rings is 2. The summed E-state index contributed by atoms with van der Waals surface area (Å²) in [7, 11) is 3.49.